The molecule has 5 nitrogen and oxygen atoms in total. The van der Waals surface area contributed by atoms with Gasteiger partial charge in [-0.1, -0.05) is 24.9 Å². The van der Waals surface area contributed by atoms with Crippen molar-refractivity contribution in [2.45, 2.75) is 45.1 Å². The molecule has 0 aliphatic heterocycles. The lowest BCUT2D eigenvalue weighted by Crippen LogP contribution is -2.42. The van der Waals surface area contributed by atoms with E-state index in [0.29, 0.717) is 17.6 Å². The van der Waals surface area contributed by atoms with Crippen LogP contribution >= 0.6 is 0 Å². The zero-order chi connectivity index (χ0) is 14.2. The molecular weight excluding hydrogens is 252 g/mol. The maximum absolute atomic E-state index is 6.49. The molecule has 2 aromatic heterocycles. The van der Waals surface area contributed by atoms with Crippen molar-refractivity contribution >= 4 is 0 Å². The van der Waals surface area contributed by atoms with E-state index in [0.717, 1.165) is 30.4 Å². The van der Waals surface area contributed by atoms with Gasteiger partial charge in [-0.05, 0) is 37.3 Å². The lowest BCUT2D eigenvalue weighted by atomic mass is 9.76. The number of rotatable bonds is 2. The molecule has 2 atom stereocenters. The van der Waals surface area contributed by atoms with Gasteiger partial charge in [0.25, 0.3) is 5.89 Å². The lowest BCUT2D eigenvalue weighted by molar-refractivity contribution is 0.222. The van der Waals surface area contributed by atoms with Gasteiger partial charge in [0.2, 0.25) is 0 Å². The first-order valence-electron chi connectivity index (χ1n) is 7.12. The van der Waals surface area contributed by atoms with E-state index in [9.17, 15) is 0 Å². The summed E-state index contributed by atoms with van der Waals surface area (Å²) < 4.78 is 5.38. The van der Waals surface area contributed by atoms with Gasteiger partial charge < -0.3 is 10.3 Å². The van der Waals surface area contributed by atoms with Gasteiger partial charge in [-0.25, -0.2) is 0 Å². The Morgan fingerprint density at radius 2 is 2.25 bits per heavy atom. The van der Waals surface area contributed by atoms with Crippen molar-refractivity contribution in [2.24, 2.45) is 11.7 Å². The third-order valence-electron chi connectivity index (χ3n) is 4.03. The summed E-state index contributed by atoms with van der Waals surface area (Å²) in [5.41, 5.74) is 7.95. The van der Waals surface area contributed by atoms with Crippen LogP contribution in [0.4, 0.5) is 0 Å². The minimum atomic E-state index is -0.448. The zero-order valence-electron chi connectivity index (χ0n) is 12.0. The molecule has 2 aromatic rings. The second-order valence-corrected chi connectivity index (χ2v) is 6.03. The van der Waals surface area contributed by atoms with Crippen LogP contribution in [0, 0.1) is 12.8 Å². The molecule has 5 heteroatoms. The Labute approximate surface area is 118 Å². The van der Waals surface area contributed by atoms with E-state index in [1.165, 1.54) is 6.42 Å². The maximum Gasteiger partial charge on any atom is 0.259 e. The van der Waals surface area contributed by atoms with E-state index in [4.69, 9.17) is 10.3 Å². The van der Waals surface area contributed by atoms with E-state index >= 15 is 0 Å². The number of aryl methyl sites for hydroxylation is 1. The summed E-state index contributed by atoms with van der Waals surface area (Å²) in [6, 6.07) is 1.98. The first kappa shape index (κ1) is 13.2. The average Bonchev–Trinajstić information content (AvgIpc) is 2.88. The normalized spacial score (nSPS) is 26.6. The first-order chi connectivity index (χ1) is 9.57. The molecule has 0 radical (unpaired) electrons. The summed E-state index contributed by atoms with van der Waals surface area (Å²) in [6.45, 7) is 4.22. The Morgan fingerprint density at radius 3 is 3.00 bits per heavy atom. The van der Waals surface area contributed by atoms with Crippen LogP contribution in [0.5, 0.6) is 0 Å². The molecule has 0 bridgehead atoms. The SMILES string of the molecule is Cc1cncc(-c2nc(C3(N)CCCC(C)C3)no2)c1. The number of hydrogen-bond donors (Lipinski definition) is 1. The molecule has 106 valence electrons. The van der Waals surface area contributed by atoms with Crippen molar-refractivity contribution in [3.05, 3.63) is 29.8 Å². The highest BCUT2D eigenvalue weighted by Gasteiger charge is 2.37. The van der Waals surface area contributed by atoms with Crippen molar-refractivity contribution in [3.8, 4) is 11.5 Å². The summed E-state index contributed by atoms with van der Waals surface area (Å²) in [4.78, 5) is 8.66. The second kappa shape index (κ2) is 4.98. The molecule has 1 aliphatic carbocycles. The number of aromatic nitrogens is 3. The molecule has 2 N–H and O–H groups in total. The van der Waals surface area contributed by atoms with Crippen LogP contribution in [0.1, 0.15) is 44.0 Å². The van der Waals surface area contributed by atoms with Crippen molar-refractivity contribution in [1.82, 2.24) is 15.1 Å². The molecule has 0 saturated heterocycles. The van der Waals surface area contributed by atoms with Crippen LogP contribution in [0.25, 0.3) is 11.5 Å². The summed E-state index contributed by atoms with van der Waals surface area (Å²) in [7, 11) is 0. The fourth-order valence-corrected chi connectivity index (χ4v) is 3.01. The number of nitrogens with zero attached hydrogens (tertiary/aromatic N) is 3. The Balaban J connectivity index is 1.90. The van der Waals surface area contributed by atoms with Crippen LogP contribution in [-0.4, -0.2) is 15.1 Å². The van der Waals surface area contributed by atoms with E-state index in [2.05, 4.69) is 22.0 Å². The maximum atomic E-state index is 6.49. The van der Waals surface area contributed by atoms with Gasteiger partial charge >= 0.3 is 0 Å². The van der Waals surface area contributed by atoms with Crippen molar-refractivity contribution < 1.29 is 4.52 Å². The van der Waals surface area contributed by atoms with Crippen LogP contribution < -0.4 is 5.73 Å². The highest BCUT2D eigenvalue weighted by Crippen LogP contribution is 2.37. The third kappa shape index (κ3) is 2.45. The number of pyridine rings is 1. The highest BCUT2D eigenvalue weighted by atomic mass is 16.5. The Kier molecular flexibility index (Phi) is 3.30. The summed E-state index contributed by atoms with van der Waals surface area (Å²) in [5, 5.41) is 4.11. The first-order valence-corrected chi connectivity index (χ1v) is 7.12. The quantitative estimate of drug-likeness (QED) is 0.909. The fraction of sp³-hybridized carbons (Fsp3) is 0.533. The molecule has 0 amide bonds. The number of nitrogens with two attached hydrogens (primary N) is 1. The summed E-state index contributed by atoms with van der Waals surface area (Å²) >= 11 is 0. The lowest BCUT2D eigenvalue weighted by Gasteiger charge is -2.33. The molecular formula is C15H20N4O. The highest BCUT2D eigenvalue weighted by molar-refractivity contribution is 5.52. The van der Waals surface area contributed by atoms with Crippen LogP contribution in [0.2, 0.25) is 0 Å². The molecule has 1 fully saturated rings. The van der Waals surface area contributed by atoms with Gasteiger partial charge in [0.05, 0.1) is 11.1 Å². The predicted octanol–water partition coefficient (Wildman–Crippen LogP) is 2.80. The molecule has 20 heavy (non-hydrogen) atoms. The van der Waals surface area contributed by atoms with E-state index < -0.39 is 5.54 Å². The zero-order valence-corrected chi connectivity index (χ0v) is 12.0. The molecule has 3 rings (SSSR count). The fourth-order valence-electron chi connectivity index (χ4n) is 3.01. The van der Waals surface area contributed by atoms with Gasteiger partial charge in [-0.15, -0.1) is 0 Å². The number of hydrogen-bond acceptors (Lipinski definition) is 5. The Bertz CT molecular complexity index is 609. The molecule has 2 unspecified atom stereocenters. The van der Waals surface area contributed by atoms with Gasteiger partial charge in [0.15, 0.2) is 5.82 Å². The van der Waals surface area contributed by atoms with Crippen molar-refractivity contribution in [3.63, 3.8) is 0 Å². The second-order valence-electron chi connectivity index (χ2n) is 6.03. The predicted molar refractivity (Wildman–Crippen MR) is 75.8 cm³/mol. The average molecular weight is 272 g/mol. The summed E-state index contributed by atoms with van der Waals surface area (Å²) in [5.74, 6) is 1.73. The van der Waals surface area contributed by atoms with Crippen LogP contribution in [-0.2, 0) is 5.54 Å². The minimum absolute atomic E-state index is 0.448. The van der Waals surface area contributed by atoms with Gasteiger partial charge in [-0.2, -0.15) is 4.98 Å². The Hall–Kier alpha value is -1.75. The smallest absolute Gasteiger partial charge is 0.259 e. The third-order valence-corrected chi connectivity index (χ3v) is 4.03. The van der Waals surface area contributed by atoms with Crippen molar-refractivity contribution in [1.29, 1.82) is 0 Å². The Morgan fingerprint density at radius 1 is 1.40 bits per heavy atom. The molecule has 1 aliphatic rings. The van der Waals surface area contributed by atoms with E-state index in [-0.39, 0.29) is 0 Å². The van der Waals surface area contributed by atoms with Gasteiger partial charge in [-0.3, -0.25) is 4.98 Å². The monoisotopic (exact) mass is 272 g/mol. The molecule has 0 aromatic carbocycles. The largest absolute Gasteiger partial charge is 0.334 e. The van der Waals surface area contributed by atoms with E-state index in [1.807, 2.05) is 13.0 Å². The summed E-state index contributed by atoms with van der Waals surface area (Å²) in [6.07, 6.45) is 7.71. The van der Waals surface area contributed by atoms with Crippen LogP contribution in [0.3, 0.4) is 0 Å². The molecule has 2 heterocycles. The standard InChI is InChI=1S/C15H20N4O/c1-10-4-3-5-15(16,7-10)14-18-13(20-19-14)12-6-11(2)8-17-9-12/h6,8-10H,3-5,7,16H2,1-2H3. The van der Waals surface area contributed by atoms with Crippen LogP contribution in [0.15, 0.2) is 23.0 Å². The van der Waals surface area contributed by atoms with Crippen molar-refractivity contribution in [2.75, 3.05) is 0 Å². The molecule has 1 saturated carbocycles. The molecule has 0 spiro atoms. The van der Waals surface area contributed by atoms with E-state index in [1.54, 1.807) is 12.4 Å². The topological polar surface area (TPSA) is 77.8 Å². The minimum Gasteiger partial charge on any atom is -0.334 e. The van der Waals surface area contributed by atoms with Gasteiger partial charge in [0, 0.05) is 12.4 Å². The van der Waals surface area contributed by atoms with Gasteiger partial charge in [0.1, 0.15) is 0 Å².